The molecule has 0 unspecified atom stereocenters. The zero-order valence-corrected chi connectivity index (χ0v) is 10.2. The highest BCUT2D eigenvalue weighted by Crippen LogP contribution is 2.14. The second-order valence-electron chi connectivity index (χ2n) is 3.82. The topological polar surface area (TPSA) is 44.1 Å². The lowest BCUT2D eigenvalue weighted by atomic mass is 10.2. The summed E-state index contributed by atoms with van der Waals surface area (Å²) in [7, 11) is 0. The third kappa shape index (κ3) is 2.40. The van der Waals surface area contributed by atoms with Gasteiger partial charge in [-0.2, -0.15) is 0 Å². The number of nitrogens with zero attached hydrogens (tertiary/aromatic N) is 2. The normalized spacial score (nSPS) is 10.4. The van der Waals surface area contributed by atoms with Crippen molar-refractivity contribution in [2.24, 2.45) is 0 Å². The number of hydrogen-bond donors (Lipinski definition) is 0. The standard InChI is InChI=1S/C13H13FN2O2/c1-3-18-13(17)12-7-16(8-15-12)10-4-5-11(14)9(2)6-10/h4-8H,3H2,1-2H3. The number of esters is 1. The maximum absolute atomic E-state index is 13.1. The third-order valence-electron chi connectivity index (χ3n) is 2.51. The van der Waals surface area contributed by atoms with Crippen LogP contribution in [0.1, 0.15) is 23.0 Å². The molecule has 0 saturated heterocycles. The Morgan fingerprint density at radius 3 is 2.94 bits per heavy atom. The molecule has 0 spiro atoms. The molecule has 2 aromatic rings. The van der Waals surface area contributed by atoms with Crippen LogP contribution in [-0.4, -0.2) is 22.1 Å². The average molecular weight is 248 g/mol. The van der Waals surface area contributed by atoms with Crippen molar-refractivity contribution < 1.29 is 13.9 Å². The Bertz CT molecular complexity index is 578. The first-order valence-corrected chi connectivity index (χ1v) is 5.59. The van der Waals surface area contributed by atoms with Crippen LogP contribution in [0.15, 0.2) is 30.7 Å². The van der Waals surface area contributed by atoms with Crippen molar-refractivity contribution in [3.8, 4) is 5.69 Å². The van der Waals surface area contributed by atoms with E-state index in [0.717, 1.165) is 5.69 Å². The SMILES string of the molecule is CCOC(=O)c1cn(-c2ccc(F)c(C)c2)cn1. The van der Waals surface area contributed by atoms with Gasteiger partial charge in [-0.3, -0.25) is 0 Å². The van der Waals surface area contributed by atoms with Crippen LogP contribution in [0, 0.1) is 12.7 Å². The molecule has 0 N–H and O–H groups in total. The summed E-state index contributed by atoms with van der Waals surface area (Å²) in [5, 5.41) is 0. The van der Waals surface area contributed by atoms with Gasteiger partial charge in [0, 0.05) is 11.9 Å². The van der Waals surface area contributed by atoms with Crippen molar-refractivity contribution in [2.75, 3.05) is 6.61 Å². The first-order valence-electron chi connectivity index (χ1n) is 5.59. The summed E-state index contributed by atoms with van der Waals surface area (Å²) >= 11 is 0. The highest BCUT2D eigenvalue weighted by molar-refractivity contribution is 5.87. The minimum absolute atomic E-state index is 0.235. The highest BCUT2D eigenvalue weighted by atomic mass is 19.1. The molecule has 0 atom stereocenters. The lowest BCUT2D eigenvalue weighted by Crippen LogP contribution is -2.04. The Morgan fingerprint density at radius 1 is 1.50 bits per heavy atom. The predicted molar refractivity (Wildman–Crippen MR) is 64.2 cm³/mol. The molecule has 2 rings (SSSR count). The Kier molecular flexibility index (Phi) is 3.41. The number of imidazole rings is 1. The first-order chi connectivity index (χ1) is 8.61. The Hall–Kier alpha value is -2.17. The minimum atomic E-state index is -0.463. The molecule has 1 aromatic carbocycles. The number of aryl methyl sites for hydroxylation is 1. The largest absolute Gasteiger partial charge is 0.461 e. The maximum Gasteiger partial charge on any atom is 0.358 e. The van der Waals surface area contributed by atoms with E-state index in [2.05, 4.69) is 4.98 Å². The third-order valence-corrected chi connectivity index (χ3v) is 2.51. The second-order valence-corrected chi connectivity index (χ2v) is 3.82. The molecule has 18 heavy (non-hydrogen) atoms. The fraction of sp³-hybridized carbons (Fsp3) is 0.231. The molecule has 0 aliphatic rings. The summed E-state index contributed by atoms with van der Waals surface area (Å²) < 4.78 is 19.6. The number of rotatable bonds is 3. The van der Waals surface area contributed by atoms with Crippen molar-refractivity contribution in [1.82, 2.24) is 9.55 Å². The number of aromatic nitrogens is 2. The molecule has 0 saturated carbocycles. The van der Waals surface area contributed by atoms with Crippen molar-refractivity contribution in [2.45, 2.75) is 13.8 Å². The van der Waals surface area contributed by atoms with E-state index < -0.39 is 5.97 Å². The van der Waals surface area contributed by atoms with Crippen LogP contribution >= 0.6 is 0 Å². The number of ether oxygens (including phenoxy) is 1. The molecule has 0 aliphatic carbocycles. The summed E-state index contributed by atoms with van der Waals surface area (Å²) in [6.07, 6.45) is 3.06. The van der Waals surface area contributed by atoms with E-state index in [-0.39, 0.29) is 11.5 Å². The van der Waals surface area contributed by atoms with Gasteiger partial charge in [0.1, 0.15) is 12.1 Å². The molecule has 0 radical (unpaired) electrons. The summed E-state index contributed by atoms with van der Waals surface area (Å²) in [4.78, 5) is 15.4. The summed E-state index contributed by atoms with van der Waals surface area (Å²) in [6, 6.07) is 4.69. The van der Waals surface area contributed by atoms with Crippen LogP contribution < -0.4 is 0 Å². The zero-order chi connectivity index (χ0) is 13.1. The van der Waals surface area contributed by atoms with Crippen molar-refractivity contribution >= 4 is 5.97 Å². The molecule has 0 amide bonds. The van der Waals surface area contributed by atoms with Gasteiger partial charge in [-0.1, -0.05) is 0 Å². The number of benzene rings is 1. The average Bonchev–Trinajstić information content (AvgIpc) is 2.82. The van der Waals surface area contributed by atoms with Gasteiger partial charge in [-0.15, -0.1) is 0 Å². The predicted octanol–water partition coefficient (Wildman–Crippen LogP) is 2.50. The van der Waals surface area contributed by atoms with Crippen LogP contribution in [-0.2, 0) is 4.74 Å². The van der Waals surface area contributed by atoms with Crippen LogP contribution in [0.5, 0.6) is 0 Å². The number of carbonyl (C=O) groups excluding carboxylic acids is 1. The lowest BCUT2D eigenvalue weighted by Gasteiger charge is -2.03. The highest BCUT2D eigenvalue weighted by Gasteiger charge is 2.11. The van der Waals surface area contributed by atoms with Gasteiger partial charge in [0.25, 0.3) is 0 Å². The molecular weight excluding hydrogens is 235 g/mol. The van der Waals surface area contributed by atoms with E-state index in [4.69, 9.17) is 4.74 Å². The van der Waals surface area contributed by atoms with Gasteiger partial charge in [-0.05, 0) is 37.6 Å². The van der Waals surface area contributed by atoms with Crippen LogP contribution in [0.4, 0.5) is 4.39 Å². The molecule has 1 heterocycles. The van der Waals surface area contributed by atoms with Crippen molar-refractivity contribution in [1.29, 1.82) is 0 Å². The Labute approximate surface area is 104 Å². The molecular formula is C13H13FN2O2. The van der Waals surface area contributed by atoms with Crippen LogP contribution in [0.3, 0.4) is 0 Å². The summed E-state index contributed by atoms with van der Waals surface area (Å²) in [6.45, 7) is 3.72. The molecule has 94 valence electrons. The lowest BCUT2D eigenvalue weighted by molar-refractivity contribution is 0.0520. The molecule has 4 nitrogen and oxygen atoms in total. The Morgan fingerprint density at radius 2 is 2.28 bits per heavy atom. The van der Waals surface area contributed by atoms with Crippen molar-refractivity contribution in [3.63, 3.8) is 0 Å². The summed E-state index contributed by atoms with van der Waals surface area (Å²) in [5.41, 5.74) is 1.52. The van der Waals surface area contributed by atoms with Gasteiger partial charge in [0.05, 0.1) is 6.61 Å². The first kappa shape index (κ1) is 12.3. The number of carbonyl (C=O) groups is 1. The number of halogens is 1. The molecule has 1 aromatic heterocycles. The summed E-state index contributed by atoms with van der Waals surface area (Å²) in [5.74, 6) is -0.723. The van der Waals surface area contributed by atoms with Crippen molar-refractivity contribution in [3.05, 3.63) is 47.8 Å². The van der Waals surface area contributed by atoms with E-state index in [0.29, 0.717) is 12.2 Å². The van der Waals surface area contributed by atoms with Gasteiger partial charge in [0.15, 0.2) is 5.69 Å². The van der Waals surface area contributed by atoms with Gasteiger partial charge in [0.2, 0.25) is 0 Å². The van der Waals surface area contributed by atoms with Crippen LogP contribution in [0.25, 0.3) is 5.69 Å². The van der Waals surface area contributed by atoms with Gasteiger partial charge >= 0.3 is 5.97 Å². The molecule has 5 heteroatoms. The maximum atomic E-state index is 13.1. The van der Waals surface area contributed by atoms with E-state index in [1.165, 1.54) is 12.4 Å². The van der Waals surface area contributed by atoms with E-state index in [1.54, 1.807) is 36.7 Å². The molecule has 0 aliphatic heterocycles. The van der Waals surface area contributed by atoms with Gasteiger partial charge in [-0.25, -0.2) is 14.2 Å². The fourth-order valence-electron chi connectivity index (χ4n) is 1.56. The molecule has 0 fully saturated rings. The van der Waals surface area contributed by atoms with Crippen LogP contribution in [0.2, 0.25) is 0 Å². The van der Waals surface area contributed by atoms with E-state index in [1.807, 2.05) is 0 Å². The van der Waals surface area contributed by atoms with E-state index in [9.17, 15) is 9.18 Å². The smallest absolute Gasteiger partial charge is 0.358 e. The van der Waals surface area contributed by atoms with Gasteiger partial charge < -0.3 is 9.30 Å². The quantitative estimate of drug-likeness (QED) is 0.784. The Balaban J connectivity index is 2.29. The molecule has 0 bridgehead atoms. The van der Waals surface area contributed by atoms with E-state index >= 15 is 0 Å². The minimum Gasteiger partial charge on any atom is -0.461 e. The zero-order valence-electron chi connectivity index (χ0n) is 10.2. The monoisotopic (exact) mass is 248 g/mol. The second kappa shape index (κ2) is 5.00. The fourth-order valence-corrected chi connectivity index (χ4v) is 1.56. The number of hydrogen-bond acceptors (Lipinski definition) is 3.